The molecule has 23 heavy (non-hydrogen) atoms. The van der Waals surface area contributed by atoms with Gasteiger partial charge >= 0.3 is 0 Å². The van der Waals surface area contributed by atoms with Crippen molar-refractivity contribution in [2.24, 2.45) is 7.05 Å². The molecule has 0 aliphatic rings. The summed E-state index contributed by atoms with van der Waals surface area (Å²) in [6.45, 7) is 1.84. The Morgan fingerprint density at radius 1 is 1.09 bits per heavy atom. The van der Waals surface area contributed by atoms with Crippen molar-refractivity contribution in [1.29, 1.82) is 0 Å². The minimum absolute atomic E-state index is 0.147. The van der Waals surface area contributed by atoms with Crippen molar-refractivity contribution in [2.45, 2.75) is 11.9 Å². The molecule has 1 aromatic carbocycles. The standard InChI is InChI=1S/C15H15N5O2S/c1-11-13(12-6-4-3-5-7-12)8-9-14(17-11)19-23(21,22)15-10-16-20(2)18-15/h3-10H,1-2H3,(H,17,19). The molecule has 0 bridgehead atoms. The third-order valence-corrected chi connectivity index (χ3v) is 4.48. The van der Waals surface area contributed by atoms with Crippen LogP contribution in [-0.4, -0.2) is 28.4 Å². The Hall–Kier alpha value is -2.74. The molecule has 0 amide bonds. The SMILES string of the molecule is Cc1nc(NS(=O)(=O)c2cnn(C)n2)ccc1-c1ccccc1. The maximum Gasteiger partial charge on any atom is 0.284 e. The molecule has 0 saturated carbocycles. The molecule has 3 rings (SSSR count). The van der Waals surface area contributed by atoms with E-state index in [-0.39, 0.29) is 10.8 Å². The first-order valence-corrected chi connectivity index (χ1v) is 8.36. The molecule has 8 heteroatoms. The normalized spacial score (nSPS) is 11.4. The Kier molecular flexibility index (Phi) is 3.83. The molecule has 0 aliphatic carbocycles. The molecule has 0 fully saturated rings. The topological polar surface area (TPSA) is 89.8 Å². The Morgan fingerprint density at radius 3 is 2.43 bits per heavy atom. The average Bonchev–Trinajstić information content (AvgIpc) is 2.95. The number of hydrogen-bond acceptors (Lipinski definition) is 5. The summed E-state index contributed by atoms with van der Waals surface area (Å²) in [5, 5.41) is 7.41. The Balaban J connectivity index is 1.89. The van der Waals surface area contributed by atoms with E-state index in [1.54, 1.807) is 13.1 Å². The largest absolute Gasteiger partial charge is 0.284 e. The van der Waals surface area contributed by atoms with Crippen molar-refractivity contribution < 1.29 is 8.42 Å². The Morgan fingerprint density at radius 2 is 1.83 bits per heavy atom. The number of anilines is 1. The summed E-state index contributed by atoms with van der Waals surface area (Å²) < 4.78 is 26.8. The molecule has 0 saturated heterocycles. The van der Waals surface area contributed by atoms with Crippen molar-refractivity contribution in [3.63, 3.8) is 0 Å². The highest BCUT2D eigenvalue weighted by atomic mass is 32.2. The highest BCUT2D eigenvalue weighted by molar-refractivity contribution is 7.92. The quantitative estimate of drug-likeness (QED) is 0.790. The highest BCUT2D eigenvalue weighted by Crippen LogP contribution is 2.24. The van der Waals surface area contributed by atoms with Crippen molar-refractivity contribution >= 4 is 15.8 Å². The molecule has 0 spiro atoms. The molecule has 1 N–H and O–H groups in total. The summed E-state index contributed by atoms with van der Waals surface area (Å²) in [6, 6.07) is 13.3. The van der Waals surface area contributed by atoms with E-state index in [1.165, 1.54) is 11.0 Å². The fourth-order valence-electron chi connectivity index (χ4n) is 2.18. The van der Waals surface area contributed by atoms with Gasteiger partial charge in [-0.3, -0.25) is 4.72 Å². The Labute approximate surface area is 134 Å². The number of aromatic nitrogens is 4. The monoisotopic (exact) mass is 329 g/mol. The first-order chi connectivity index (χ1) is 11.0. The van der Waals surface area contributed by atoms with Crippen molar-refractivity contribution in [2.75, 3.05) is 4.72 Å². The number of benzene rings is 1. The fourth-order valence-corrected chi connectivity index (χ4v) is 3.09. The zero-order chi connectivity index (χ0) is 16.4. The number of pyridine rings is 1. The summed E-state index contributed by atoms with van der Waals surface area (Å²) in [5.41, 5.74) is 2.71. The minimum atomic E-state index is -3.79. The van der Waals surface area contributed by atoms with E-state index in [9.17, 15) is 8.42 Å². The van der Waals surface area contributed by atoms with E-state index in [2.05, 4.69) is 19.9 Å². The molecule has 0 atom stereocenters. The smallest absolute Gasteiger partial charge is 0.262 e. The molecule has 7 nitrogen and oxygen atoms in total. The zero-order valence-corrected chi connectivity index (χ0v) is 13.4. The van der Waals surface area contributed by atoms with Gasteiger partial charge in [0.1, 0.15) is 5.82 Å². The van der Waals surface area contributed by atoms with Gasteiger partial charge in [-0.15, -0.1) is 5.10 Å². The number of hydrogen-bond donors (Lipinski definition) is 1. The zero-order valence-electron chi connectivity index (χ0n) is 12.6. The second-order valence-electron chi connectivity index (χ2n) is 4.97. The van der Waals surface area contributed by atoms with E-state index >= 15 is 0 Å². The molecular formula is C15H15N5O2S. The summed E-state index contributed by atoms with van der Waals surface area (Å²) in [7, 11) is -2.24. The van der Waals surface area contributed by atoms with Crippen LogP contribution in [0.2, 0.25) is 0 Å². The van der Waals surface area contributed by atoms with Gasteiger partial charge in [0.15, 0.2) is 0 Å². The van der Waals surface area contributed by atoms with Crippen LogP contribution in [-0.2, 0) is 17.1 Å². The van der Waals surface area contributed by atoms with E-state index in [0.717, 1.165) is 16.8 Å². The van der Waals surface area contributed by atoms with Crippen LogP contribution in [0.4, 0.5) is 5.82 Å². The number of nitrogens with one attached hydrogen (secondary N) is 1. The minimum Gasteiger partial charge on any atom is -0.262 e. The van der Waals surface area contributed by atoms with Gasteiger partial charge in [0, 0.05) is 18.3 Å². The van der Waals surface area contributed by atoms with Crippen LogP contribution < -0.4 is 4.72 Å². The van der Waals surface area contributed by atoms with Crippen LogP contribution in [0.1, 0.15) is 5.69 Å². The summed E-state index contributed by atoms with van der Waals surface area (Å²) in [4.78, 5) is 5.51. The molecule has 0 radical (unpaired) electrons. The van der Waals surface area contributed by atoms with Gasteiger partial charge in [-0.25, -0.2) is 4.98 Å². The third kappa shape index (κ3) is 3.21. The maximum atomic E-state index is 12.2. The van der Waals surface area contributed by atoms with Gasteiger partial charge in [0.05, 0.1) is 6.20 Å². The second-order valence-corrected chi connectivity index (χ2v) is 6.60. The Bertz CT molecular complexity index is 936. The summed E-state index contributed by atoms with van der Waals surface area (Å²) >= 11 is 0. The van der Waals surface area contributed by atoms with Gasteiger partial charge in [-0.2, -0.15) is 18.3 Å². The molecule has 2 aromatic heterocycles. The van der Waals surface area contributed by atoms with E-state index in [1.807, 2.05) is 43.3 Å². The van der Waals surface area contributed by atoms with Crippen LogP contribution in [0.3, 0.4) is 0 Å². The first kappa shape index (κ1) is 15.2. The number of nitrogens with zero attached hydrogens (tertiary/aromatic N) is 4. The molecule has 0 unspecified atom stereocenters. The predicted octanol–water partition coefficient (Wildman–Crippen LogP) is 1.99. The lowest BCUT2D eigenvalue weighted by atomic mass is 10.0. The fraction of sp³-hybridized carbons (Fsp3) is 0.133. The van der Waals surface area contributed by atoms with E-state index in [0.29, 0.717) is 0 Å². The van der Waals surface area contributed by atoms with E-state index < -0.39 is 10.0 Å². The number of sulfonamides is 1. The molecule has 118 valence electrons. The summed E-state index contributed by atoms with van der Waals surface area (Å²) in [6.07, 6.45) is 1.19. The average molecular weight is 329 g/mol. The third-order valence-electron chi connectivity index (χ3n) is 3.26. The first-order valence-electron chi connectivity index (χ1n) is 6.88. The maximum absolute atomic E-state index is 12.2. The van der Waals surface area contributed by atoms with Gasteiger partial charge < -0.3 is 0 Å². The molecular weight excluding hydrogens is 314 g/mol. The van der Waals surface area contributed by atoms with Gasteiger partial charge in [-0.1, -0.05) is 30.3 Å². The molecule has 3 aromatic rings. The van der Waals surface area contributed by atoms with Crippen molar-refractivity contribution in [3.05, 3.63) is 54.4 Å². The lowest BCUT2D eigenvalue weighted by Crippen LogP contribution is -2.15. The van der Waals surface area contributed by atoms with E-state index in [4.69, 9.17) is 0 Å². The second kappa shape index (κ2) is 5.81. The van der Waals surface area contributed by atoms with Gasteiger partial charge in [0.2, 0.25) is 5.03 Å². The summed E-state index contributed by atoms with van der Waals surface area (Å²) in [5.74, 6) is 0.243. The number of aryl methyl sites for hydroxylation is 2. The molecule has 2 heterocycles. The van der Waals surface area contributed by atoms with Crippen LogP contribution in [0.5, 0.6) is 0 Å². The van der Waals surface area contributed by atoms with Crippen LogP contribution in [0, 0.1) is 6.92 Å². The predicted molar refractivity (Wildman–Crippen MR) is 86.2 cm³/mol. The number of rotatable bonds is 4. The van der Waals surface area contributed by atoms with Crippen LogP contribution in [0.25, 0.3) is 11.1 Å². The highest BCUT2D eigenvalue weighted by Gasteiger charge is 2.19. The molecule has 0 aliphatic heterocycles. The van der Waals surface area contributed by atoms with Crippen molar-refractivity contribution in [3.8, 4) is 11.1 Å². The van der Waals surface area contributed by atoms with Gasteiger partial charge in [-0.05, 0) is 24.6 Å². The lowest BCUT2D eigenvalue weighted by molar-refractivity contribution is 0.588. The van der Waals surface area contributed by atoms with Gasteiger partial charge in [0.25, 0.3) is 10.0 Å². The van der Waals surface area contributed by atoms with Crippen molar-refractivity contribution in [1.82, 2.24) is 20.0 Å². The van der Waals surface area contributed by atoms with Crippen LogP contribution in [0.15, 0.2) is 53.7 Å². The van der Waals surface area contributed by atoms with Crippen LogP contribution >= 0.6 is 0 Å². The lowest BCUT2D eigenvalue weighted by Gasteiger charge is -2.09.